The summed E-state index contributed by atoms with van der Waals surface area (Å²) in [6.07, 6.45) is 6.01. The van der Waals surface area contributed by atoms with E-state index in [4.69, 9.17) is 4.74 Å². The fourth-order valence-corrected chi connectivity index (χ4v) is 2.16. The molecule has 2 rings (SSSR count). The molecule has 0 fully saturated rings. The van der Waals surface area contributed by atoms with Crippen LogP contribution in [0.3, 0.4) is 0 Å². The Morgan fingerprint density at radius 3 is 2.75 bits per heavy atom. The van der Waals surface area contributed by atoms with E-state index in [1.165, 1.54) is 5.56 Å². The summed E-state index contributed by atoms with van der Waals surface area (Å²) in [5.74, 6) is 2.06. The third kappa shape index (κ3) is 4.10. The van der Waals surface area contributed by atoms with Crippen LogP contribution in [0.1, 0.15) is 24.7 Å². The lowest BCUT2D eigenvalue weighted by Crippen LogP contribution is -2.10. The molecule has 1 aromatic heterocycles. The van der Waals surface area contributed by atoms with Crippen LogP contribution in [0, 0.1) is 0 Å². The second-order valence-corrected chi connectivity index (χ2v) is 4.81. The molecule has 0 aliphatic carbocycles. The Labute approximate surface area is 120 Å². The highest BCUT2D eigenvalue weighted by Crippen LogP contribution is 2.12. The van der Waals surface area contributed by atoms with Crippen molar-refractivity contribution in [3.63, 3.8) is 0 Å². The monoisotopic (exact) mass is 273 g/mol. The minimum absolute atomic E-state index is 0.665. The molecule has 4 heteroatoms. The predicted octanol–water partition coefficient (Wildman–Crippen LogP) is 2.63. The first kappa shape index (κ1) is 14.6. The molecule has 108 valence electrons. The number of hydrogen-bond acceptors (Lipinski definition) is 3. The standard InChI is InChI=1S/C16H23N3O/c1-3-4-16-18-9-10-19(16)11-12-20-15-7-5-14(6-8-15)13-17-2/h5-10,17H,3-4,11-13H2,1-2H3. The van der Waals surface area contributed by atoms with Crippen molar-refractivity contribution >= 4 is 0 Å². The minimum Gasteiger partial charge on any atom is -0.492 e. The molecule has 0 amide bonds. The van der Waals surface area contributed by atoms with Gasteiger partial charge in [-0.15, -0.1) is 0 Å². The van der Waals surface area contributed by atoms with Crippen LogP contribution in [0.15, 0.2) is 36.7 Å². The molecule has 0 unspecified atom stereocenters. The highest BCUT2D eigenvalue weighted by atomic mass is 16.5. The number of nitrogens with one attached hydrogen (secondary N) is 1. The predicted molar refractivity (Wildman–Crippen MR) is 80.9 cm³/mol. The summed E-state index contributed by atoms with van der Waals surface area (Å²) in [5, 5.41) is 3.13. The highest BCUT2D eigenvalue weighted by Gasteiger charge is 2.01. The summed E-state index contributed by atoms with van der Waals surface area (Å²) in [4.78, 5) is 4.36. The normalized spacial score (nSPS) is 10.7. The van der Waals surface area contributed by atoms with Crippen LogP contribution in [-0.4, -0.2) is 23.2 Å². The lowest BCUT2D eigenvalue weighted by molar-refractivity contribution is 0.296. The molecular formula is C16H23N3O. The molecule has 20 heavy (non-hydrogen) atoms. The summed E-state index contributed by atoms with van der Waals surface area (Å²) in [6, 6.07) is 8.22. The molecule has 1 heterocycles. The molecule has 0 saturated carbocycles. The summed E-state index contributed by atoms with van der Waals surface area (Å²) in [6.45, 7) is 4.56. The van der Waals surface area contributed by atoms with E-state index < -0.39 is 0 Å². The van der Waals surface area contributed by atoms with Gasteiger partial charge in [-0.1, -0.05) is 19.1 Å². The van der Waals surface area contributed by atoms with Crippen molar-refractivity contribution in [2.45, 2.75) is 32.9 Å². The second kappa shape index (κ2) is 7.70. The third-order valence-electron chi connectivity index (χ3n) is 3.18. The first-order valence-corrected chi connectivity index (χ1v) is 7.20. The lowest BCUT2D eigenvalue weighted by atomic mass is 10.2. The summed E-state index contributed by atoms with van der Waals surface area (Å²) in [5.41, 5.74) is 1.26. The maximum Gasteiger partial charge on any atom is 0.119 e. The van der Waals surface area contributed by atoms with Crippen molar-refractivity contribution in [2.75, 3.05) is 13.7 Å². The van der Waals surface area contributed by atoms with Gasteiger partial charge in [0, 0.05) is 25.4 Å². The Bertz CT molecular complexity index is 505. The van der Waals surface area contributed by atoms with Crippen LogP contribution in [0.4, 0.5) is 0 Å². The smallest absolute Gasteiger partial charge is 0.119 e. The van der Waals surface area contributed by atoms with Gasteiger partial charge in [-0.3, -0.25) is 0 Å². The minimum atomic E-state index is 0.665. The highest BCUT2D eigenvalue weighted by molar-refractivity contribution is 5.27. The van der Waals surface area contributed by atoms with Crippen LogP contribution < -0.4 is 10.1 Å². The molecule has 4 nitrogen and oxygen atoms in total. The average Bonchev–Trinajstić information content (AvgIpc) is 2.89. The van der Waals surface area contributed by atoms with E-state index in [1.807, 2.05) is 31.6 Å². The quantitative estimate of drug-likeness (QED) is 0.803. The van der Waals surface area contributed by atoms with Crippen LogP contribution >= 0.6 is 0 Å². The van der Waals surface area contributed by atoms with Crippen molar-refractivity contribution < 1.29 is 4.74 Å². The van der Waals surface area contributed by atoms with Crippen molar-refractivity contribution in [2.24, 2.45) is 0 Å². The number of imidazole rings is 1. The zero-order valence-corrected chi connectivity index (χ0v) is 12.3. The largest absolute Gasteiger partial charge is 0.492 e. The maximum absolute atomic E-state index is 5.78. The zero-order valence-electron chi connectivity index (χ0n) is 12.3. The molecule has 0 radical (unpaired) electrons. The van der Waals surface area contributed by atoms with Gasteiger partial charge in [0.25, 0.3) is 0 Å². The van der Waals surface area contributed by atoms with E-state index in [9.17, 15) is 0 Å². The number of benzene rings is 1. The number of hydrogen-bond donors (Lipinski definition) is 1. The number of nitrogens with zero attached hydrogens (tertiary/aromatic N) is 2. The Balaban J connectivity index is 1.81. The van der Waals surface area contributed by atoms with Gasteiger partial charge in [0.15, 0.2) is 0 Å². The molecule has 2 aromatic rings. The Morgan fingerprint density at radius 2 is 2.05 bits per heavy atom. The summed E-state index contributed by atoms with van der Waals surface area (Å²) in [7, 11) is 1.95. The van der Waals surface area contributed by atoms with E-state index in [0.29, 0.717) is 6.61 Å². The van der Waals surface area contributed by atoms with Gasteiger partial charge in [-0.05, 0) is 31.2 Å². The van der Waals surface area contributed by atoms with Crippen LogP contribution in [0.25, 0.3) is 0 Å². The van der Waals surface area contributed by atoms with E-state index in [0.717, 1.165) is 37.5 Å². The first-order chi connectivity index (χ1) is 9.83. The second-order valence-electron chi connectivity index (χ2n) is 4.81. The van der Waals surface area contributed by atoms with E-state index >= 15 is 0 Å². The Morgan fingerprint density at radius 1 is 1.25 bits per heavy atom. The number of ether oxygens (including phenoxy) is 1. The van der Waals surface area contributed by atoms with Gasteiger partial charge >= 0.3 is 0 Å². The average molecular weight is 273 g/mol. The van der Waals surface area contributed by atoms with Gasteiger partial charge in [-0.25, -0.2) is 4.98 Å². The summed E-state index contributed by atoms with van der Waals surface area (Å²) < 4.78 is 7.94. The van der Waals surface area contributed by atoms with E-state index in [-0.39, 0.29) is 0 Å². The van der Waals surface area contributed by atoms with Gasteiger partial charge in [0.05, 0.1) is 6.54 Å². The molecule has 0 aliphatic rings. The van der Waals surface area contributed by atoms with Crippen molar-refractivity contribution in [3.8, 4) is 5.75 Å². The molecular weight excluding hydrogens is 250 g/mol. The Hall–Kier alpha value is -1.81. The number of rotatable bonds is 8. The lowest BCUT2D eigenvalue weighted by Gasteiger charge is -2.10. The van der Waals surface area contributed by atoms with E-state index in [2.05, 4.69) is 33.9 Å². The van der Waals surface area contributed by atoms with Gasteiger partial charge < -0.3 is 14.6 Å². The number of aryl methyl sites for hydroxylation is 1. The third-order valence-corrected chi connectivity index (χ3v) is 3.18. The molecule has 0 saturated heterocycles. The van der Waals surface area contributed by atoms with Crippen molar-refractivity contribution in [3.05, 3.63) is 48.0 Å². The molecule has 0 spiro atoms. The van der Waals surface area contributed by atoms with Crippen LogP contribution in [0.5, 0.6) is 5.75 Å². The van der Waals surface area contributed by atoms with Crippen molar-refractivity contribution in [1.29, 1.82) is 0 Å². The molecule has 1 aromatic carbocycles. The van der Waals surface area contributed by atoms with Crippen LogP contribution in [0.2, 0.25) is 0 Å². The molecule has 0 bridgehead atoms. The molecule has 0 aliphatic heterocycles. The van der Waals surface area contributed by atoms with Crippen molar-refractivity contribution in [1.82, 2.24) is 14.9 Å². The zero-order chi connectivity index (χ0) is 14.2. The molecule has 1 N–H and O–H groups in total. The summed E-state index contributed by atoms with van der Waals surface area (Å²) >= 11 is 0. The fraction of sp³-hybridized carbons (Fsp3) is 0.438. The van der Waals surface area contributed by atoms with Gasteiger partial charge in [0.1, 0.15) is 18.2 Å². The van der Waals surface area contributed by atoms with Crippen LogP contribution in [-0.2, 0) is 19.5 Å². The van der Waals surface area contributed by atoms with E-state index in [1.54, 1.807) is 0 Å². The molecule has 0 atom stereocenters. The van der Waals surface area contributed by atoms with Gasteiger partial charge in [0.2, 0.25) is 0 Å². The fourth-order valence-electron chi connectivity index (χ4n) is 2.16. The Kier molecular flexibility index (Phi) is 5.62. The first-order valence-electron chi connectivity index (χ1n) is 7.20. The maximum atomic E-state index is 5.78. The topological polar surface area (TPSA) is 39.1 Å². The number of aromatic nitrogens is 2. The SMILES string of the molecule is CCCc1nccn1CCOc1ccc(CNC)cc1. The van der Waals surface area contributed by atoms with Gasteiger partial charge in [-0.2, -0.15) is 0 Å².